The summed E-state index contributed by atoms with van der Waals surface area (Å²) in [4.78, 5) is 14.4. The summed E-state index contributed by atoms with van der Waals surface area (Å²) in [7, 11) is 0. The van der Waals surface area contributed by atoms with Gasteiger partial charge in [0.1, 0.15) is 0 Å². The molecule has 1 aromatic rings. The number of carbonyl (C=O) groups is 1. The van der Waals surface area contributed by atoms with Gasteiger partial charge < -0.3 is 11.1 Å². The molecule has 0 aliphatic carbocycles. The number of benzene rings is 1. The van der Waals surface area contributed by atoms with Gasteiger partial charge in [-0.1, -0.05) is 17.7 Å². The molecule has 0 aromatic heterocycles. The number of hydrogen-bond donors (Lipinski definition) is 2. The predicted octanol–water partition coefficient (Wildman–Crippen LogP) is 2.40. The first kappa shape index (κ1) is 18.0. The molecule has 0 bridgehead atoms. The third-order valence-corrected chi connectivity index (χ3v) is 4.06. The van der Waals surface area contributed by atoms with Crippen LogP contribution in [0, 0.1) is 20.8 Å². The molecule has 118 valence electrons. The van der Waals surface area contributed by atoms with E-state index in [1.165, 1.54) is 5.56 Å². The van der Waals surface area contributed by atoms with Crippen molar-refractivity contribution in [1.82, 2.24) is 4.90 Å². The van der Waals surface area contributed by atoms with Crippen molar-refractivity contribution in [1.29, 1.82) is 0 Å². The number of aryl methyl sites for hydroxylation is 3. The lowest BCUT2D eigenvalue weighted by molar-refractivity contribution is -0.117. The van der Waals surface area contributed by atoms with Crippen molar-refractivity contribution in [2.75, 3.05) is 25.0 Å². The molecule has 4 nitrogen and oxygen atoms in total. The van der Waals surface area contributed by atoms with Gasteiger partial charge in [0.25, 0.3) is 0 Å². The van der Waals surface area contributed by atoms with Crippen LogP contribution >= 0.6 is 12.4 Å². The minimum absolute atomic E-state index is 0. The van der Waals surface area contributed by atoms with Crippen LogP contribution in [0.15, 0.2) is 12.1 Å². The van der Waals surface area contributed by atoms with Crippen LogP contribution in [0.5, 0.6) is 0 Å². The Morgan fingerprint density at radius 1 is 1.33 bits per heavy atom. The lowest BCUT2D eigenvalue weighted by Crippen LogP contribution is -2.40. The van der Waals surface area contributed by atoms with Crippen LogP contribution in [0.4, 0.5) is 5.69 Å². The molecule has 0 radical (unpaired) electrons. The van der Waals surface area contributed by atoms with Crippen LogP contribution in [0.3, 0.4) is 0 Å². The highest BCUT2D eigenvalue weighted by molar-refractivity contribution is 5.93. The molecule has 2 rings (SSSR count). The van der Waals surface area contributed by atoms with E-state index in [0.29, 0.717) is 19.1 Å². The number of nitrogens with zero attached hydrogens (tertiary/aromatic N) is 1. The number of nitrogens with one attached hydrogen (secondary N) is 1. The molecular weight excluding hydrogens is 286 g/mol. The van der Waals surface area contributed by atoms with E-state index in [1.807, 2.05) is 13.8 Å². The summed E-state index contributed by atoms with van der Waals surface area (Å²) in [5.74, 6) is 0.0559. The minimum Gasteiger partial charge on any atom is -0.329 e. The van der Waals surface area contributed by atoms with Crippen LogP contribution in [-0.4, -0.2) is 36.5 Å². The van der Waals surface area contributed by atoms with Crippen LogP contribution in [0.25, 0.3) is 0 Å². The van der Waals surface area contributed by atoms with Crippen molar-refractivity contribution < 1.29 is 4.79 Å². The predicted molar refractivity (Wildman–Crippen MR) is 90.2 cm³/mol. The highest BCUT2D eigenvalue weighted by Crippen LogP contribution is 2.22. The summed E-state index contributed by atoms with van der Waals surface area (Å²) in [6, 6.07) is 4.56. The van der Waals surface area contributed by atoms with E-state index in [0.717, 1.165) is 36.2 Å². The van der Waals surface area contributed by atoms with Crippen LogP contribution in [0.1, 0.15) is 29.5 Å². The van der Waals surface area contributed by atoms with Gasteiger partial charge in [-0.3, -0.25) is 9.69 Å². The van der Waals surface area contributed by atoms with E-state index < -0.39 is 0 Å². The Kier molecular flexibility index (Phi) is 6.65. The van der Waals surface area contributed by atoms with Gasteiger partial charge in [-0.15, -0.1) is 12.4 Å². The van der Waals surface area contributed by atoms with Gasteiger partial charge in [0.05, 0.1) is 6.54 Å². The Hall–Kier alpha value is -1.10. The third kappa shape index (κ3) is 4.43. The SMILES string of the molecule is Cc1cc(C)c(NC(=O)CN2CCCC2CN)c(C)c1.Cl. The molecule has 1 atom stereocenters. The molecule has 1 aliphatic heterocycles. The second-order valence-electron chi connectivity index (χ2n) is 5.82. The number of rotatable bonds is 4. The summed E-state index contributed by atoms with van der Waals surface area (Å²) < 4.78 is 0. The first-order chi connectivity index (χ1) is 9.51. The molecular formula is C16H26ClN3O. The number of likely N-dealkylation sites (tertiary alicyclic amines) is 1. The quantitative estimate of drug-likeness (QED) is 0.897. The normalized spacial score (nSPS) is 18.4. The van der Waals surface area contributed by atoms with Crippen molar-refractivity contribution in [2.45, 2.75) is 39.7 Å². The Labute approximate surface area is 133 Å². The highest BCUT2D eigenvalue weighted by atomic mass is 35.5. The van der Waals surface area contributed by atoms with Crippen LogP contribution < -0.4 is 11.1 Å². The van der Waals surface area contributed by atoms with Gasteiger partial charge in [0, 0.05) is 18.3 Å². The van der Waals surface area contributed by atoms with E-state index in [9.17, 15) is 4.79 Å². The molecule has 1 aromatic carbocycles. The summed E-state index contributed by atoms with van der Waals surface area (Å²) >= 11 is 0. The number of halogens is 1. The standard InChI is InChI=1S/C16H25N3O.ClH/c1-11-7-12(2)16(13(3)8-11)18-15(20)10-19-6-4-5-14(19)9-17;/h7-8,14H,4-6,9-10,17H2,1-3H3,(H,18,20);1H. The van der Waals surface area contributed by atoms with E-state index in [2.05, 4.69) is 29.3 Å². The van der Waals surface area contributed by atoms with Crippen LogP contribution in [0.2, 0.25) is 0 Å². The monoisotopic (exact) mass is 311 g/mol. The topological polar surface area (TPSA) is 58.4 Å². The summed E-state index contributed by atoms with van der Waals surface area (Å²) in [5, 5.41) is 3.06. The zero-order chi connectivity index (χ0) is 14.7. The molecule has 1 aliphatic rings. The fourth-order valence-corrected chi connectivity index (χ4v) is 3.11. The first-order valence-electron chi connectivity index (χ1n) is 7.33. The van der Waals surface area contributed by atoms with Gasteiger partial charge >= 0.3 is 0 Å². The molecule has 1 heterocycles. The summed E-state index contributed by atoms with van der Waals surface area (Å²) in [6.07, 6.45) is 2.24. The zero-order valence-corrected chi connectivity index (χ0v) is 13.9. The largest absolute Gasteiger partial charge is 0.329 e. The maximum absolute atomic E-state index is 12.2. The Bertz CT molecular complexity index is 481. The molecule has 1 unspecified atom stereocenters. The molecule has 1 amide bonds. The van der Waals surface area contributed by atoms with Gasteiger partial charge in [-0.05, 0) is 51.3 Å². The average molecular weight is 312 g/mol. The Balaban J connectivity index is 0.00000220. The fraction of sp³-hybridized carbons (Fsp3) is 0.562. The van der Waals surface area contributed by atoms with E-state index >= 15 is 0 Å². The highest BCUT2D eigenvalue weighted by Gasteiger charge is 2.25. The van der Waals surface area contributed by atoms with E-state index in [4.69, 9.17) is 5.73 Å². The number of carbonyl (C=O) groups excluding carboxylic acids is 1. The van der Waals surface area contributed by atoms with Gasteiger partial charge in [-0.25, -0.2) is 0 Å². The number of hydrogen-bond acceptors (Lipinski definition) is 3. The summed E-state index contributed by atoms with van der Waals surface area (Å²) in [6.45, 7) is 8.19. The third-order valence-electron chi connectivity index (χ3n) is 4.06. The lowest BCUT2D eigenvalue weighted by atomic mass is 10.1. The first-order valence-corrected chi connectivity index (χ1v) is 7.33. The fourth-order valence-electron chi connectivity index (χ4n) is 3.11. The van der Waals surface area contributed by atoms with E-state index in [1.54, 1.807) is 0 Å². The molecule has 0 saturated carbocycles. The maximum atomic E-state index is 12.2. The second kappa shape index (κ2) is 7.78. The second-order valence-corrected chi connectivity index (χ2v) is 5.82. The summed E-state index contributed by atoms with van der Waals surface area (Å²) in [5.41, 5.74) is 10.2. The molecule has 1 saturated heterocycles. The van der Waals surface area contributed by atoms with Gasteiger partial charge in [-0.2, -0.15) is 0 Å². The minimum atomic E-state index is 0. The molecule has 5 heteroatoms. The van der Waals surface area contributed by atoms with Crippen LogP contribution in [-0.2, 0) is 4.79 Å². The van der Waals surface area contributed by atoms with Crippen molar-refractivity contribution in [3.63, 3.8) is 0 Å². The van der Waals surface area contributed by atoms with Gasteiger partial charge in [0.2, 0.25) is 5.91 Å². The maximum Gasteiger partial charge on any atom is 0.238 e. The lowest BCUT2D eigenvalue weighted by Gasteiger charge is -2.23. The van der Waals surface area contributed by atoms with Gasteiger partial charge in [0.15, 0.2) is 0 Å². The van der Waals surface area contributed by atoms with Crippen molar-refractivity contribution in [3.8, 4) is 0 Å². The number of amides is 1. The van der Waals surface area contributed by atoms with Crippen molar-refractivity contribution in [3.05, 3.63) is 28.8 Å². The molecule has 1 fully saturated rings. The average Bonchev–Trinajstić information content (AvgIpc) is 2.81. The Morgan fingerprint density at radius 3 is 2.52 bits per heavy atom. The molecule has 0 spiro atoms. The molecule has 3 N–H and O–H groups in total. The number of anilines is 1. The van der Waals surface area contributed by atoms with Crippen molar-refractivity contribution in [2.24, 2.45) is 5.73 Å². The van der Waals surface area contributed by atoms with Crippen molar-refractivity contribution >= 4 is 24.0 Å². The zero-order valence-electron chi connectivity index (χ0n) is 13.1. The van der Waals surface area contributed by atoms with E-state index in [-0.39, 0.29) is 18.3 Å². The Morgan fingerprint density at radius 2 is 1.95 bits per heavy atom. The smallest absolute Gasteiger partial charge is 0.238 e. The molecule has 21 heavy (non-hydrogen) atoms. The number of nitrogens with two attached hydrogens (primary N) is 1.